The molecule has 0 fully saturated rings. The summed E-state index contributed by atoms with van der Waals surface area (Å²) < 4.78 is 10.4. The van der Waals surface area contributed by atoms with Crippen LogP contribution in [0, 0.1) is 11.3 Å². The van der Waals surface area contributed by atoms with Crippen LogP contribution in [-0.4, -0.2) is 18.7 Å². The van der Waals surface area contributed by atoms with Gasteiger partial charge in [0.25, 0.3) is 0 Å². The molecular weight excluding hydrogens is 242 g/mol. The minimum Gasteiger partial charge on any atom is -0.493 e. The van der Waals surface area contributed by atoms with Gasteiger partial charge < -0.3 is 9.47 Å². The van der Waals surface area contributed by atoms with Crippen LogP contribution < -0.4 is 4.74 Å². The average Bonchev–Trinajstić information content (AvgIpc) is 2.36. The van der Waals surface area contributed by atoms with Crippen molar-refractivity contribution in [3.8, 4) is 11.8 Å². The zero-order valence-electron chi connectivity index (χ0n) is 11.3. The highest BCUT2D eigenvalue weighted by molar-refractivity contribution is 5.96. The van der Waals surface area contributed by atoms with Crippen LogP contribution in [0.2, 0.25) is 0 Å². The minimum absolute atomic E-state index is 0.217. The Labute approximate surface area is 113 Å². The zero-order chi connectivity index (χ0) is 14.3. The maximum atomic E-state index is 11.6. The number of nitrogens with zero attached hydrogens (tertiary/aromatic N) is 1. The molecule has 0 unspecified atom stereocenters. The van der Waals surface area contributed by atoms with E-state index in [4.69, 9.17) is 9.47 Å². The SMILES string of the molecule is CCOc1ccccc1C(C#N)=CC(=O)OC(C)C. The van der Waals surface area contributed by atoms with Crippen molar-refractivity contribution in [2.75, 3.05) is 6.61 Å². The van der Waals surface area contributed by atoms with Crippen LogP contribution in [0.25, 0.3) is 5.57 Å². The predicted molar refractivity (Wildman–Crippen MR) is 72.4 cm³/mol. The Kier molecular flexibility index (Phi) is 5.62. The lowest BCUT2D eigenvalue weighted by Gasteiger charge is -2.09. The van der Waals surface area contributed by atoms with Crippen molar-refractivity contribution < 1.29 is 14.3 Å². The molecule has 0 saturated carbocycles. The first-order valence-electron chi connectivity index (χ1n) is 6.13. The first-order valence-corrected chi connectivity index (χ1v) is 6.13. The van der Waals surface area contributed by atoms with E-state index in [-0.39, 0.29) is 11.7 Å². The third kappa shape index (κ3) is 4.47. The first-order chi connectivity index (χ1) is 9.08. The van der Waals surface area contributed by atoms with Crippen molar-refractivity contribution in [1.82, 2.24) is 0 Å². The highest BCUT2D eigenvalue weighted by atomic mass is 16.5. The lowest BCUT2D eigenvalue weighted by Crippen LogP contribution is -2.09. The number of ether oxygens (including phenoxy) is 2. The standard InChI is InChI=1S/C15H17NO3/c1-4-18-14-8-6-5-7-13(14)12(10-16)9-15(17)19-11(2)3/h5-9,11H,4H2,1-3H3. The van der Waals surface area contributed by atoms with Gasteiger partial charge in [0.05, 0.1) is 18.3 Å². The number of para-hydroxylation sites is 1. The Hall–Kier alpha value is -2.28. The molecule has 0 N–H and O–H groups in total. The fourth-order valence-corrected chi connectivity index (χ4v) is 1.52. The highest BCUT2D eigenvalue weighted by Crippen LogP contribution is 2.25. The Morgan fingerprint density at radius 3 is 2.68 bits per heavy atom. The lowest BCUT2D eigenvalue weighted by atomic mass is 10.1. The van der Waals surface area contributed by atoms with Crippen molar-refractivity contribution >= 4 is 11.5 Å². The van der Waals surface area contributed by atoms with E-state index >= 15 is 0 Å². The van der Waals surface area contributed by atoms with Gasteiger partial charge in [-0.25, -0.2) is 4.79 Å². The number of rotatable bonds is 5. The average molecular weight is 259 g/mol. The number of benzene rings is 1. The summed E-state index contributed by atoms with van der Waals surface area (Å²) in [6.07, 6.45) is 0.975. The molecule has 1 rings (SSSR count). The molecule has 0 heterocycles. The second-order valence-electron chi connectivity index (χ2n) is 4.08. The maximum absolute atomic E-state index is 11.6. The van der Waals surface area contributed by atoms with Crippen molar-refractivity contribution in [1.29, 1.82) is 5.26 Å². The summed E-state index contributed by atoms with van der Waals surface area (Å²) in [6, 6.07) is 9.11. The number of carbonyl (C=O) groups excluding carboxylic acids is 1. The zero-order valence-corrected chi connectivity index (χ0v) is 11.3. The van der Waals surface area contributed by atoms with Gasteiger partial charge in [0, 0.05) is 11.6 Å². The summed E-state index contributed by atoms with van der Waals surface area (Å²) in [6.45, 7) is 5.86. The molecule has 0 radical (unpaired) electrons. The second kappa shape index (κ2) is 7.22. The number of hydrogen-bond donors (Lipinski definition) is 0. The third-order valence-corrected chi connectivity index (χ3v) is 2.21. The Morgan fingerprint density at radius 1 is 1.42 bits per heavy atom. The van der Waals surface area contributed by atoms with Crippen molar-refractivity contribution in [2.24, 2.45) is 0 Å². The molecule has 1 aromatic rings. The van der Waals surface area contributed by atoms with Crippen LogP contribution >= 0.6 is 0 Å². The van der Waals surface area contributed by atoms with Gasteiger partial charge in [0.2, 0.25) is 0 Å². The maximum Gasteiger partial charge on any atom is 0.332 e. The van der Waals surface area contributed by atoms with Crippen molar-refractivity contribution in [3.63, 3.8) is 0 Å². The van der Waals surface area contributed by atoms with Crippen LogP contribution in [0.1, 0.15) is 26.3 Å². The summed E-state index contributed by atoms with van der Waals surface area (Å²) in [5, 5.41) is 9.17. The van der Waals surface area contributed by atoms with Crippen LogP contribution in [0.15, 0.2) is 30.3 Å². The molecule has 19 heavy (non-hydrogen) atoms. The number of nitriles is 1. The fourth-order valence-electron chi connectivity index (χ4n) is 1.52. The smallest absolute Gasteiger partial charge is 0.332 e. The monoisotopic (exact) mass is 259 g/mol. The largest absolute Gasteiger partial charge is 0.493 e. The number of allylic oxidation sites excluding steroid dienone is 1. The van der Waals surface area contributed by atoms with Crippen molar-refractivity contribution in [2.45, 2.75) is 26.9 Å². The van der Waals surface area contributed by atoms with E-state index in [0.717, 1.165) is 0 Å². The molecule has 0 aliphatic heterocycles. The molecule has 0 saturated heterocycles. The molecule has 0 atom stereocenters. The molecule has 1 aromatic carbocycles. The normalized spacial score (nSPS) is 11.0. The van der Waals surface area contributed by atoms with E-state index in [9.17, 15) is 10.1 Å². The van der Waals surface area contributed by atoms with Gasteiger partial charge in [-0.3, -0.25) is 0 Å². The summed E-state index contributed by atoms with van der Waals surface area (Å²) in [5.74, 6) is 0.0491. The third-order valence-electron chi connectivity index (χ3n) is 2.21. The van der Waals surface area contributed by atoms with E-state index in [1.165, 1.54) is 6.08 Å². The van der Waals surface area contributed by atoms with Gasteiger partial charge in [-0.2, -0.15) is 5.26 Å². The minimum atomic E-state index is -0.530. The molecule has 0 aliphatic rings. The Morgan fingerprint density at radius 2 is 2.11 bits per heavy atom. The van der Waals surface area contributed by atoms with E-state index in [1.807, 2.05) is 19.1 Å². The molecule has 0 aliphatic carbocycles. The molecule has 0 spiro atoms. The van der Waals surface area contributed by atoms with E-state index < -0.39 is 5.97 Å². The second-order valence-corrected chi connectivity index (χ2v) is 4.08. The molecule has 4 heteroatoms. The molecule has 0 aromatic heterocycles. The van der Waals surface area contributed by atoms with Crippen LogP contribution in [0.4, 0.5) is 0 Å². The molecule has 100 valence electrons. The lowest BCUT2D eigenvalue weighted by molar-refractivity contribution is -0.141. The quantitative estimate of drug-likeness (QED) is 0.463. The summed E-state index contributed by atoms with van der Waals surface area (Å²) >= 11 is 0. The number of hydrogen-bond acceptors (Lipinski definition) is 4. The predicted octanol–water partition coefficient (Wildman–Crippen LogP) is 2.94. The van der Waals surface area contributed by atoms with E-state index in [1.54, 1.807) is 32.0 Å². The van der Waals surface area contributed by atoms with Crippen molar-refractivity contribution in [3.05, 3.63) is 35.9 Å². The number of esters is 1. The van der Waals surface area contributed by atoms with Gasteiger partial charge in [-0.15, -0.1) is 0 Å². The fraction of sp³-hybridized carbons (Fsp3) is 0.333. The molecular formula is C15H17NO3. The molecule has 4 nitrogen and oxygen atoms in total. The van der Waals surface area contributed by atoms with E-state index in [0.29, 0.717) is 17.9 Å². The first kappa shape index (κ1) is 14.8. The number of carbonyl (C=O) groups is 1. The van der Waals surface area contributed by atoms with Gasteiger partial charge in [0.1, 0.15) is 11.8 Å². The van der Waals surface area contributed by atoms with E-state index in [2.05, 4.69) is 0 Å². The van der Waals surface area contributed by atoms with Gasteiger partial charge in [-0.05, 0) is 32.9 Å². The Bertz CT molecular complexity index is 512. The Balaban J connectivity index is 3.07. The van der Waals surface area contributed by atoms with Gasteiger partial charge in [0.15, 0.2) is 0 Å². The van der Waals surface area contributed by atoms with Crippen LogP contribution in [-0.2, 0) is 9.53 Å². The summed E-state index contributed by atoms with van der Waals surface area (Å²) in [5.41, 5.74) is 0.822. The molecule has 0 amide bonds. The molecule has 0 bridgehead atoms. The highest BCUT2D eigenvalue weighted by Gasteiger charge is 2.11. The topological polar surface area (TPSA) is 59.3 Å². The summed E-state index contributed by atoms with van der Waals surface area (Å²) in [7, 11) is 0. The van der Waals surface area contributed by atoms with Crippen LogP contribution in [0.3, 0.4) is 0 Å². The van der Waals surface area contributed by atoms with Gasteiger partial charge in [-0.1, -0.05) is 12.1 Å². The summed E-state index contributed by atoms with van der Waals surface area (Å²) in [4.78, 5) is 11.6. The van der Waals surface area contributed by atoms with Gasteiger partial charge >= 0.3 is 5.97 Å². The van der Waals surface area contributed by atoms with Crippen LogP contribution in [0.5, 0.6) is 5.75 Å².